The molecule has 0 aromatic heterocycles. The van der Waals surface area contributed by atoms with Crippen LogP contribution in [0.1, 0.15) is 25.7 Å². The van der Waals surface area contributed by atoms with Crippen molar-refractivity contribution in [1.29, 1.82) is 0 Å². The number of rotatable bonds is 4. The minimum atomic E-state index is -3.35. The average molecular weight is 331 g/mol. The van der Waals surface area contributed by atoms with Gasteiger partial charge in [0.25, 0.3) is 0 Å². The molecule has 21 heavy (non-hydrogen) atoms. The molecule has 1 saturated carbocycles. The predicted molar refractivity (Wildman–Crippen MR) is 83.1 cm³/mol. The molecular weight excluding hydrogens is 312 g/mol. The molecule has 1 aliphatic carbocycles. The Balaban J connectivity index is 2.29. The van der Waals surface area contributed by atoms with Crippen LogP contribution in [0.15, 0.2) is 23.1 Å². The standard InChI is InChI=1S/C14H19ClN2O3S/c1-21(19,20)10-4-5-11(15)12(8-10)17-13(18)14(9-16)6-2-3-7-14/h4-5,8H,2-3,6-7,9,16H2,1H3,(H,17,18). The van der Waals surface area contributed by atoms with Crippen LogP contribution in [0.3, 0.4) is 0 Å². The van der Waals surface area contributed by atoms with Crippen molar-refractivity contribution in [3.05, 3.63) is 23.2 Å². The van der Waals surface area contributed by atoms with E-state index in [0.29, 0.717) is 10.7 Å². The Hall–Kier alpha value is -1.11. The summed E-state index contributed by atoms with van der Waals surface area (Å²) in [6, 6.07) is 4.27. The first-order valence-corrected chi connectivity index (χ1v) is 9.07. The normalized spacial score (nSPS) is 17.7. The summed E-state index contributed by atoms with van der Waals surface area (Å²) in [6.45, 7) is 0.280. The van der Waals surface area contributed by atoms with Gasteiger partial charge < -0.3 is 11.1 Å². The highest BCUT2D eigenvalue weighted by molar-refractivity contribution is 7.90. The van der Waals surface area contributed by atoms with E-state index in [9.17, 15) is 13.2 Å². The molecule has 3 N–H and O–H groups in total. The second kappa shape index (κ2) is 5.94. The van der Waals surface area contributed by atoms with E-state index in [4.69, 9.17) is 17.3 Å². The molecular formula is C14H19ClN2O3S. The number of nitrogens with one attached hydrogen (secondary N) is 1. The summed E-state index contributed by atoms with van der Waals surface area (Å²) in [7, 11) is -3.35. The van der Waals surface area contributed by atoms with E-state index >= 15 is 0 Å². The first kappa shape index (κ1) is 16.3. The van der Waals surface area contributed by atoms with Gasteiger partial charge in [0, 0.05) is 12.8 Å². The van der Waals surface area contributed by atoms with Gasteiger partial charge in [-0.05, 0) is 31.0 Å². The van der Waals surface area contributed by atoms with Crippen LogP contribution in [-0.2, 0) is 14.6 Å². The molecule has 7 heteroatoms. The fraction of sp³-hybridized carbons (Fsp3) is 0.500. The van der Waals surface area contributed by atoms with E-state index in [1.807, 2.05) is 0 Å². The third-order valence-corrected chi connectivity index (χ3v) is 5.49. The predicted octanol–water partition coefficient (Wildman–Crippen LogP) is 2.20. The fourth-order valence-electron chi connectivity index (χ4n) is 2.66. The molecule has 0 bridgehead atoms. The SMILES string of the molecule is CS(=O)(=O)c1ccc(Cl)c(NC(=O)C2(CN)CCCC2)c1. The lowest BCUT2D eigenvalue weighted by Gasteiger charge is -2.26. The molecule has 2 rings (SSSR count). The molecule has 1 amide bonds. The maximum Gasteiger partial charge on any atom is 0.231 e. The van der Waals surface area contributed by atoms with E-state index in [2.05, 4.69) is 5.32 Å². The van der Waals surface area contributed by atoms with Gasteiger partial charge in [-0.3, -0.25) is 4.79 Å². The third-order valence-electron chi connectivity index (χ3n) is 4.05. The number of amides is 1. The summed E-state index contributed by atoms with van der Waals surface area (Å²) in [5.74, 6) is -0.185. The molecule has 116 valence electrons. The van der Waals surface area contributed by atoms with Gasteiger partial charge in [-0.25, -0.2) is 8.42 Å². The number of nitrogens with two attached hydrogens (primary N) is 1. The van der Waals surface area contributed by atoms with Gasteiger partial charge in [0.1, 0.15) is 0 Å². The van der Waals surface area contributed by atoms with Crippen LogP contribution < -0.4 is 11.1 Å². The van der Waals surface area contributed by atoms with Crippen LogP contribution in [0.5, 0.6) is 0 Å². The molecule has 0 aliphatic heterocycles. The van der Waals surface area contributed by atoms with Gasteiger partial charge in [-0.1, -0.05) is 24.4 Å². The van der Waals surface area contributed by atoms with Gasteiger partial charge in [0.2, 0.25) is 5.91 Å². The Bertz CT molecular complexity index is 652. The van der Waals surface area contributed by atoms with Gasteiger partial charge in [-0.15, -0.1) is 0 Å². The number of benzene rings is 1. The second-order valence-electron chi connectivity index (χ2n) is 5.56. The summed E-state index contributed by atoms with van der Waals surface area (Å²) in [5.41, 5.74) is 5.52. The highest BCUT2D eigenvalue weighted by Gasteiger charge is 2.40. The lowest BCUT2D eigenvalue weighted by Crippen LogP contribution is -2.40. The monoisotopic (exact) mass is 330 g/mol. The molecule has 1 aromatic carbocycles. The van der Waals surface area contributed by atoms with Crippen LogP contribution in [0.2, 0.25) is 5.02 Å². The van der Waals surface area contributed by atoms with Gasteiger partial charge in [-0.2, -0.15) is 0 Å². The van der Waals surface area contributed by atoms with Crippen molar-refractivity contribution in [3.63, 3.8) is 0 Å². The lowest BCUT2D eigenvalue weighted by molar-refractivity contribution is -0.124. The maximum atomic E-state index is 12.5. The highest BCUT2D eigenvalue weighted by Crippen LogP contribution is 2.38. The topological polar surface area (TPSA) is 89.3 Å². The Kier molecular flexibility index (Phi) is 4.60. The van der Waals surface area contributed by atoms with Crippen LogP contribution in [0, 0.1) is 5.41 Å². The number of hydrogen-bond acceptors (Lipinski definition) is 4. The van der Waals surface area contributed by atoms with Crippen molar-refractivity contribution in [2.75, 3.05) is 18.1 Å². The molecule has 0 unspecified atom stereocenters. The number of anilines is 1. The molecule has 0 spiro atoms. The molecule has 0 radical (unpaired) electrons. The molecule has 0 saturated heterocycles. The first-order valence-electron chi connectivity index (χ1n) is 6.80. The summed E-state index contributed by atoms with van der Waals surface area (Å²) in [6.07, 6.45) is 4.56. The van der Waals surface area contributed by atoms with Crippen molar-refractivity contribution in [2.24, 2.45) is 11.1 Å². The molecule has 1 aromatic rings. The average Bonchev–Trinajstić information content (AvgIpc) is 2.90. The molecule has 0 atom stereocenters. The summed E-state index contributed by atoms with van der Waals surface area (Å²) >= 11 is 6.04. The summed E-state index contributed by atoms with van der Waals surface area (Å²) in [5, 5.41) is 3.05. The summed E-state index contributed by atoms with van der Waals surface area (Å²) in [4.78, 5) is 12.6. The number of hydrogen-bond donors (Lipinski definition) is 2. The Morgan fingerprint density at radius 1 is 1.38 bits per heavy atom. The molecule has 5 nitrogen and oxygen atoms in total. The van der Waals surface area contributed by atoms with E-state index in [1.165, 1.54) is 18.2 Å². The van der Waals surface area contributed by atoms with Crippen molar-refractivity contribution in [2.45, 2.75) is 30.6 Å². The second-order valence-corrected chi connectivity index (χ2v) is 7.98. The minimum Gasteiger partial charge on any atom is -0.329 e. The third kappa shape index (κ3) is 3.39. The van der Waals surface area contributed by atoms with E-state index in [1.54, 1.807) is 0 Å². The smallest absolute Gasteiger partial charge is 0.231 e. The van der Waals surface area contributed by atoms with Crippen LogP contribution in [-0.4, -0.2) is 27.1 Å². The number of carbonyl (C=O) groups excluding carboxylic acids is 1. The largest absolute Gasteiger partial charge is 0.329 e. The van der Waals surface area contributed by atoms with Crippen molar-refractivity contribution < 1.29 is 13.2 Å². The zero-order valence-corrected chi connectivity index (χ0v) is 13.4. The van der Waals surface area contributed by atoms with Crippen LogP contribution in [0.4, 0.5) is 5.69 Å². The van der Waals surface area contributed by atoms with Gasteiger partial charge in [0.15, 0.2) is 9.84 Å². The van der Waals surface area contributed by atoms with Crippen molar-refractivity contribution in [1.82, 2.24) is 0 Å². The van der Waals surface area contributed by atoms with E-state index < -0.39 is 15.3 Å². The van der Waals surface area contributed by atoms with Gasteiger partial charge >= 0.3 is 0 Å². The quantitative estimate of drug-likeness (QED) is 0.885. The zero-order valence-electron chi connectivity index (χ0n) is 11.9. The molecule has 1 aliphatic rings. The Labute approximate surface area is 129 Å². The number of sulfone groups is 1. The van der Waals surface area contributed by atoms with Crippen LogP contribution in [0.25, 0.3) is 0 Å². The summed E-state index contributed by atoms with van der Waals surface area (Å²) < 4.78 is 23.2. The maximum absolute atomic E-state index is 12.5. The van der Waals surface area contributed by atoms with E-state index in [-0.39, 0.29) is 17.3 Å². The molecule has 0 heterocycles. The minimum absolute atomic E-state index is 0.121. The first-order chi connectivity index (χ1) is 9.78. The van der Waals surface area contributed by atoms with Crippen molar-refractivity contribution in [3.8, 4) is 0 Å². The van der Waals surface area contributed by atoms with Gasteiger partial charge in [0.05, 0.1) is 21.0 Å². The molecule has 1 fully saturated rings. The number of halogens is 1. The lowest BCUT2D eigenvalue weighted by atomic mass is 9.85. The zero-order chi connectivity index (χ0) is 15.7. The van der Waals surface area contributed by atoms with E-state index in [0.717, 1.165) is 31.9 Å². The number of carbonyl (C=O) groups is 1. The van der Waals surface area contributed by atoms with Crippen molar-refractivity contribution >= 4 is 33.0 Å². The van der Waals surface area contributed by atoms with Crippen LogP contribution >= 0.6 is 11.6 Å². The Morgan fingerprint density at radius 3 is 2.52 bits per heavy atom. The highest BCUT2D eigenvalue weighted by atomic mass is 35.5. The fourth-order valence-corrected chi connectivity index (χ4v) is 3.47. The Morgan fingerprint density at radius 2 is 2.00 bits per heavy atom.